The van der Waals surface area contributed by atoms with E-state index < -0.39 is 0 Å². The maximum atomic E-state index is 5.95. The lowest BCUT2D eigenvalue weighted by molar-refractivity contribution is 0.439. The summed E-state index contributed by atoms with van der Waals surface area (Å²) in [4.78, 5) is 6.75. The summed E-state index contributed by atoms with van der Waals surface area (Å²) in [7, 11) is 0. The van der Waals surface area contributed by atoms with Crippen molar-refractivity contribution < 1.29 is 4.52 Å². The molecule has 0 amide bonds. The number of anilines is 1. The van der Waals surface area contributed by atoms with Gasteiger partial charge in [-0.1, -0.05) is 11.2 Å². The molecule has 2 N–H and O–H groups in total. The third-order valence-corrected chi connectivity index (χ3v) is 4.89. The fourth-order valence-corrected chi connectivity index (χ4v) is 3.95. The molecule has 100 valence electrons. The average Bonchev–Trinajstić information content (AvgIpc) is 3.12. The second-order valence-electron chi connectivity index (χ2n) is 4.92. The zero-order valence-corrected chi connectivity index (χ0v) is 11.6. The summed E-state index contributed by atoms with van der Waals surface area (Å²) < 4.78 is 5.21. The smallest absolute Gasteiger partial charge is 0.230 e. The summed E-state index contributed by atoms with van der Waals surface area (Å²) in [5, 5.41) is 4.16. The average molecular weight is 283 g/mol. The monoisotopic (exact) mass is 283 g/mol. The number of pyridine rings is 1. The molecule has 0 aliphatic heterocycles. The van der Waals surface area contributed by atoms with Gasteiger partial charge in [0.15, 0.2) is 0 Å². The molecular formula is C15H13N3OS. The predicted octanol–water partition coefficient (Wildman–Crippen LogP) is 3.54. The van der Waals surface area contributed by atoms with Gasteiger partial charge in [-0.2, -0.15) is 0 Å². The van der Waals surface area contributed by atoms with Crippen LogP contribution >= 0.6 is 11.3 Å². The highest BCUT2D eigenvalue weighted by atomic mass is 32.1. The first kappa shape index (κ1) is 11.7. The predicted molar refractivity (Wildman–Crippen MR) is 79.5 cm³/mol. The van der Waals surface area contributed by atoms with E-state index in [2.05, 4.69) is 16.2 Å². The van der Waals surface area contributed by atoms with Crippen LogP contribution in [-0.4, -0.2) is 10.1 Å². The molecule has 20 heavy (non-hydrogen) atoms. The number of hydrogen-bond donors (Lipinski definition) is 1. The maximum absolute atomic E-state index is 5.95. The molecule has 0 atom stereocenters. The van der Waals surface area contributed by atoms with Crippen molar-refractivity contribution in [2.24, 2.45) is 0 Å². The molecule has 4 nitrogen and oxygen atoms in total. The molecule has 0 unspecified atom stereocenters. The molecule has 0 saturated carbocycles. The number of thiophene rings is 1. The van der Waals surface area contributed by atoms with Crippen LogP contribution in [0.1, 0.15) is 16.9 Å². The van der Waals surface area contributed by atoms with Crippen molar-refractivity contribution in [3.05, 3.63) is 41.0 Å². The first-order chi connectivity index (χ1) is 9.83. The molecular weight excluding hydrogens is 270 g/mol. The molecule has 1 aliphatic carbocycles. The molecule has 0 bridgehead atoms. The Bertz CT molecular complexity index is 739. The number of nitrogen functional groups attached to an aromatic ring is 1. The molecule has 3 heterocycles. The van der Waals surface area contributed by atoms with E-state index in [1.165, 1.54) is 29.7 Å². The fourth-order valence-electron chi connectivity index (χ4n) is 2.71. The first-order valence-corrected chi connectivity index (χ1v) is 7.42. The van der Waals surface area contributed by atoms with Crippen LogP contribution in [-0.2, 0) is 12.8 Å². The second kappa shape index (κ2) is 4.45. The van der Waals surface area contributed by atoms with E-state index in [0.29, 0.717) is 5.88 Å². The van der Waals surface area contributed by atoms with Gasteiger partial charge >= 0.3 is 0 Å². The summed E-state index contributed by atoms with van der Waals surface area (Å²) in [6.07, 6.45) is 7.13. The Balaban J connectivity index is 1.87. The molecule has 1 aliphatic rings. The zero-order valence-electron chi connectivity index (χ0n) is 10.8. The van der Waals surface area contributed by atoms with E-state index in [-0.39, 0.29) is 0 Å². The Labute approximate surface area is 120 Å². The van der Waals surface area contributed by atoms with Gasteiger partial charge in [0, 0.05) is 22.8 Å². The third kappa shape index (κ3) is 1.74. The number of nitrogens with zero attached hydrogens (tertiary/aromatic N) is 2. The van der Waals surface area contributed by atoms with E-state index in [9.17, 15) is 0 Å². The molecule has 5 heteroatoms. The van der Waals surface area contributed by atoms with Gasteiger partial charge in [-0.15, -0.1) is 11.3 Å². The van der Waals surface area contributed by atoms with Crippen molar-refractivity contribution in [1.29, 1.82) is 0 Å². The van der Waals surface area contributed by atoms with Gasteiger partial charge in [0.1, 0.15) is 5.69 Å². The number of fused-ring (bicyclic) bond motifs is 1. The number of hydrogen-bond acceptors (Lipinski definition) is 5. The minimum absolute atomic E-state index is 0.349. The molecule has 3 aromatic heterocycles. The van der Waals surface area contributed by atoms with Gasteiger partial charge in [0.25, 0.3) is 0 Å². The van der Waals surface area contributed by atoms with Gasteiger partial charge in [0.2, 0.25) is 5.88 Å². The van der Waals surface area contributed by atoms with Gasteiger partial charge in [-0.3, -0.25) is 4.98 Å². The van der Waals surface area contributed by atoms with Crippen LogP contribution in [0.15, 0.2) is 35.1 Å². The van der Waals surface area contributed by atoms with Crippen LogP contribution in [0, 0.1) is 0 Å². The topological polar surface area (TPSA) is 64.9 Å². The second-order valence-corrected chi connectivity index (χ2v) is 6.06. The molecule has 0 saturated heterocycles. The highest BCUT2D eigenvalue weighted by molar-refractivity contribution is 7.15. The fraction of sp³-hybridized carbons (Fsp3) is 0.200. The van der Waals surface area contributed by atoms with Crippen LogP contribution < -0.4 is 5.73 Å². The molecule has 0 radical (unpaired) electrons. The summed E-state index contributed by atoms with van der Waals surface area (Å²) in [6, 6.07) is 6.09. The van der Waals surface area contributed by atoms with Crippen molar-refractivity contribution in [3.8, 4) is 21.7 Å². The molecule has 0 aromatic carbocycles. The van der Waals surface area contributed by atoms with E-state index in [0.717, 1.165) is 21.7 Å². The van der Waals surface area contributed by atoms with E-state index >= 15 is 0 Å². The highest BCUT2D eigenvalue weighted by Gasteiger charge is 2.22. The normalized spacial score (nSPS) is 13.6. The number of nitrogens with two attached hydrogens (primary N) is 1. The van der Waals surface area contributed by atoms with E-state index in [1.807, 2.05) is 12.1 Å². The largest absolute Gasteiger partial charge is 0.367 e. The van der Waals surface area contributed by atoms with Crippen molar-refractivity contribution in [2.75, 3.05) is 5.73 Å². The Morgan fingerprint density at radius 2 is 2.25 bits per heavy atom. The minimum atomic E-state index is 0.349. The van der Waals surface area contributed by atoms with Gasteiger partial charge in [-0.05, 0) is 37.0 Å². The number of aromatic nitrogens is 2. The summed E-state index contributed by atoms with van der Waals surface area (Å²) >= 11 is 1.80. The summed E-state index contributed by atoms with van der Waals surface area (Å²) in [5.74, 6) is 0.349. The van der Waals surface area contributed by atoms with Crippen molar-refractivity contribution in [3.63, 3.8) is 0 Å². The molecule has 3 aromatic rings. The summed E-state index contributed by atoms with van der Waals surface area (Å²) in [6.45, 7) is 0. The molecule has 0 fully saturated rings. The van der Waals surface area contributed by atoms with Crippen molar-refractivity contribution in [1.82, 2.24) is 10.1 Å². The third-order valence-electron chi connectivity index (χ3n) is 3.65. The Kier molecular flexibility index (Phi) is 2.60. The molecule has 4 rings (SSSR count). The van der Waals surface area contributed by atoms with Crippen LogP contribution in [0.3, 0.4) is 0 Å². The van der Waals surface area contributed by atoms with Crippen LogP contribution in [0.25, 0.3) is 21.7 Å². The SMILES string of the molecule is Nc1onc(-c2cc3c(s2)CCC3)c1-c1cccnc1. The Morgan fingerprint density at radius 1 is 1.30 bits per heavy atom. The van der Waals surface area contributed by atoms with Crippen molar-refractivity contribution in [2.45, 2.75) is 19.3 Å². The highest BCUT2D eigenvalue weighted by Crippen LogP contribution is 2.42. The van der Waals surface area contributed by atoms with Crippen LogP contribution in [0.4, 0.5) is 5.88 Å². The van der Waals surface area contributed by atoms with E-state index in [1.54, 1.807) is 23.7 Å². The maximum Gasteiger partial charge on any atom is 0.230 e. The van der Waals surface area contributed by atoms with Gasteiger partial charge in [-0.25, -0.2) is 0 Å². The quantitative estimate of drug-likeness (QED) is 0.781. The lowest BCUT2D eigenvalue weighted by Gasteiger charge is -2.00. The summed E-state index contributed by atoms with van der Waals surface area (Å²) in [5.41, 5.74) is 10.0. The van der Waals surface area contributed by atoms with Crippen LogP contribution in [0.2, 0.25) is 0 Å². The number of aryl methyl sites for hydroxylation is 2. The lowest BCUT2D eigenvalue weighted by atomic mass is 10.1. The first-order valence-electron chi connectivity index (χ1n) is 6.60. The lowest BCUT2D eigenvalue weighted by Crippen LogP contribution is -1.87. The van der Waals surface area contributed by atoms with Gasteiger partial charge in [0.05, 0.1) is 10.4 Å². The Hall–Kier alpha value is -2.14. The minimum Gasteiger partial charge on any atom is -0.367 e. The molecule has 0 spiro atoms. The number of rotatable bonds is 2. The van der Waals surface area contributed by atoms with Crippen molar-refractivity contribution >= 4 is 17.2 Å². The van der Waals surface area contributed by atoms with Crippen LogP contribution in [0.5, 0.6) is 0 Å². The van der Waals surface area contributed by atoms with Gasteiger partial charge < -0.3 is 10.3 Å². The standard InChI is InChI=1S/C15H13N3OS/c16-15-13(10-4-2-6-17-8-10)14(18-19-15)12-7-9-3-1-5-11(9)20-12/h2,4,6-8H,1,3,5,16H2. The zero-order chi connectivity index (χ0) is 13.5. The van der Waals surface area contributed by atoms with E-state index in [4.69, 9.17) is 10.3 Å². The Morgan fingerprint density at radius 3 is 3.05 bits per heavy atom.